The summed E-state index contributed by atoms with van der Waals surface area (Å²) in [5.74, 6) is 0.211. The average Bonchev–Trinajstić information content (AvgIpc) is 2.93. The summed E-state index contributed by atoms with van der Waals surface area (Å²) in [6, 6.07) is 11.4. The first-order valence-electron chi connectivity index (χ1n) is 10.7. The normalized spacial score (nSPS) is 11.2. The monoisotopic (exact) mass is 700 g/mol. The molecule has 0 fully saturated rings. The van der Waals surface area contributed by atoms with Gasteiger partial charge in [0.25, 0.3) is 20.0 Å². The summed E-state index contributed by atoms with van der Waals surface area (Å²) in [6.45, 7) is 0. The van der Waals surface area contributed by atoms with E-state index in [9.17, 15) is 16.8 Å². The Kier molecular flexibility index (Phi) is 11.1. The van der Waals surface area contributed by atoms with Crippen LogP contribution in [0.3, 0.4) is 0 Å². The molecule has 0 radical (unpaired) electrons. The third kappa shape index (κ3) is 8.13. The molecule has 0 aliphatic heterocycles. The van der Waals surface area contributed by atoms with E-state index in [4.69, 9.17) is 67.5 Å². The summed E-state index contributed by atoms with van der Waals surface area (Å²) in [6.07, 6.45) is 1.38. The third-order valence-corrected chi connectivity index (χ3v) is 9.54. The summed E-state index contributed by atoms with van der Waals surface area (Å²) < 4.78 is 63.6. The van der Waals surface area contributed by atoms with E-state index >= 15 is 0 Å². The molecule has 0 bridgehead atoms. The van der Waals surface area contributed by atoms with Gasteiger partial charge in [-0.15, -0.1) is 15.3 Å². The maximum Gasteiger partial charge on any atom is 0.264 e. The van der Waals surface area contributed by atoms with Crippen molar-refractivity contribution in [3.63, 3.8) is 0 Å². The Morgan fingerprint density at radius 3 is 1.63 bits per heavy atom. The molecule has 19 heteroatoms. The SMILES string of the molecule is COc1cc(Cl)nnc1NS(=O)(=O)c1cccc(Cl)c1Cl.COc1ccnnc1NS(=O)(=O)c1cccc(Cl)c1Cl. The highest BCUT2D eigenvalue weighted by Gasteiger charge is 2.23. The van der Waals surface area contributed by atoms with Gasteiger partial charge < -0.3 is 9.47 Å². The zero-order valence-corrected chi connectivity index (χ0v) is 26.1. The highest BCUT2D eigenvalue weighted by atomic mass is 35.5. The molecule has 2 N–H and O–H groups in total. The zero-order chi connectivity index (χ0) is 30.4. The van der Waals surface area contributed by atoms with Crippen LogP contribution in [0.2, 0.25) is 25.2 Å². The highest BCUT2D eigenvalue weighted by molar-refractivity contribution is 7.93. The van der Waals surface area contributed by atoms with Crippen LogP contribution >= 0.6 is 58.0 Å². The van der Waals surface area contributed by atoms with E-state index in [1.807, 2.05) is 0 Å². The lowest BCUT2D eigenvalue weighted by Gasteiger charge is -2.11. The fraction of sp³-hybridized carbons (Fsp3) is 0.0909. The Morgan fingerprint density at radius 1 is 0.659 bits per heavy atom. The van der Waals surface area contributed by atoms with E-state index in [-0.39, 0.29) is 58.2 Å². The van der Waals surface area contributed by atoms with Crippen molar-refractivity contribution in [2.24, 2.45) is 0 Å². The van der Waals surface area contributed by atoms with Gasteiger partial charge in [-0.2, -0.15) is 5.10 Å². The molecule has 0 spiro atoms. The van der Waals surface area contributed by atoms with Crippen LogP contribution < -0.4 is 18.9 Å². The number of benzene rings is 2. The number of aromatic nitrogens is 4. The maximum atomic E-state index is 12.3. The van der Waals surface area contributed by atoms with Gasteiger partial charge >= 0.3 is 0 Å². The van der Waals surface area contributed by atoms with Crippen molar-refractivity contribution in [3.8, 4) is 11.5 Å². The summed E-state index contributed by atoms with van der Waals surface area (Å²) in [5, 5.41) is 14.6. The van der Waals surface area contributed by atoms with Crippen molar-refractivity contribution >= 4 is 89.7 Å². The van der Waals surface area contributed by atoms with Crippen molar-refractivity contribution < 1.29 is 26.3 Å². The number of hydrogen-bond acceptors (Lipinski definition) is 10. The Balaban J connectivity index is 0.000000226. The number of halogens is 5. The molecule has 0 amide bonds. The van der Waals surface area contributed by atoms with Crippen LogP contribution in [0.15, 0.2) is 64.5 Å². The molecule has 41 heavy (non-hydrogen) atoms. The van der Waals surface area contributed by atoms with Crippen LogP contribution in [0.4, 0.5) is 11.6 Å². The van der Waals surface area contributed by atoms with E-state index in [1.54, 1.807) is 0 Å². The molecule has 2 aromatic heterocycles. The van der Waals surface area contributed by atoms with Crippen LogP contribution in [-0.4, -0.2) is 51.4 Å². The van der Waals surface area contributed by atoms with Crippen LogP contribution in [0.5, 0.6) is 11.5 Å². The molecule has 0 aliphatic carbocycles. The highest BCUT2D eigenvalue weighted by Crippen LogP contribution is 2.33. The minimum Gasteiger partial charge on any atom is -0.493 e. The van der Waals surface area contributed by atoms with E-state index < -0.39 is 20.0 Å². The largest absolute Gasteiger partial charge is 0.493 e. The molecule has 0 saturated heterocycles. The minimum atomic E-state index is -4.00. The molecule has 4 rings (SSSR count). The van der Waals surface area contributed by atoms with Gasteiger partial charge in [-0.1, -0.05) is 70.1 Å². The second-order valence-electron chi connectivity index (χ2n) is 7.35. The quantitative estimate of drug-likeness (QED) is 0.228. The molecule has 2 heterocycles. The van der Waals surface area contributed by atoms with Gasteiger partial charge in [-0.25, -0.2) is 16.8 Å². The maximum absolute atomic E-state index is 12.3. The molecule has 0 aliphatic rings. The van der Waals surface area contributed by atoms with Gasteiger partial charge in [0.05, 0.1) is 40.5 Å². The van der Waals surface area contributed by atoms with E-state index in [2.05, 4.69) is 29.8 Å². The number of nitrogens with one attached hydrogen (secondary N) is 2. The van der Waals surface area contributed by atoms with Crippen LogP contribution in [-0.2, 0) is 20.0 Å². The fourth-order valence-corrected chi connectivity index (χ4v) is 6.56. The fourth-order valence-electron chi connectivity index (χ4n) is 2.88. The van der Waals surface area contributed by atoms with Gasteiger partial charge in [0.15, 0.2) is 16.7 Å². The third-order valence-electron chi connectivity index (χ3n) is 4.73. The molecule has 4 aromatic rings. The summed E-state index contributed by atoms with van der Waals surface area (Å²) >= 11 is 29.1. The lowest BCUT2D eigenvalue weighted by molar-refractivity contribution is 0.414. The van der Waals surface area contributed by atoms with Gasteiger partial charge in [0.2, 0.25) is 11.6 Å². The first-order valence-corrected chi connectivity index (χ1v) is 15.5. The number of hydrogen-bond donors (Lipinski definition) is 2. The lowest BCUT2D eigenvalue weighted by atomic mass is 10.4. The van der Waals surface area contributed by atoms with Crippen LogP contribution in [0.1, 0.15) is 0 Å². The predicted octanol–water partition coefficient (Wildman–Crippen LogP) is 5.84. The first kappa shape index (κ1) is 32.7. The number of ether oxygens (including phenoxy) is 2. The van der Waals surface area contributed by atoms with Crippen molar-refractivity contribution in [1.29, 1.82) is 0 Å². The van der Waals surface area contributed by atoms with Crippen molar-refractivity contribution in [2.45, 2.75) is 9.79 Å². The molecular formula is C22H17Cl5N6O6S2. The minimum absolute atomic E-state index is 0.0361. The van der Waals surface area contributed by atoms with Gasteiger partial charge in [-0.3, -0.25) is 9.44 Å². The Labute approximate surface area is 260 Å². The predicted molar refractivity (Wildman–Crippen MR) is 157 cm³/mol. The number of rotatable bonds is 8. The van der Waals surface area contributed by atoms with Gasteiger partial charge in [-0.05, 0) is 24.3 Å². The Bertz CT molecular complexity index is 1780. The number of anilines is 2. The topological polar surface area (TPSA) is 162 Å². The number of sulfonamides is 2. The molecule has 218 valence electrons. The first-order chi connectivity index (χ1) is 19.3. The lowest BCUT2D eigenvalue weighted by Crippen LogP contribution is -2.15. The second kappa shape index (κ2) is 13.9. The van der Waals surface area contributed by atoms with Crippen LogP contribution in [0.25, 0.3) is 0 Å². The molecular weight excluding hydrogens is 686 g/mol. The number of methoxy groups -OCH3 is 2. The molecule has 0 atom stereocenters. The second-order valence-corrected chi connectivity index (χ2v) is 12.6. The summed E-state index contributed by atoms with van der Waals surface area (Å²) in [7, 11) is -5.22. The molecule has 0 unspecified atom stereocenters. The smallest absolute Gasteiger partial charge is 0.264 e. The van der Waals surface area contributed by atoms with E-state index in [0.29, 0.717) is 0 Å². The molecule has 12 nitrogen and oxygen atoms in total. The van der Waals surface area contributed by atoms with E-state index in [1.165, 1.54) is 68.9 Å². The number of nitrogens with zero attached hydrogens (tertiary/aromatic N) is 4. The summed E-state index contributed by atoms with van der Waals surface area (Å²) in [5.41, 5.74) is 0. The van der Waals surface area contributed by atoms with E-state index in [0.717, 1.165) is 0 Å². The van der Waals surface area contributed by atoms with Crippen molar-refractivity contribution in [1.82, 2.24) is 20.4 Å². The average molecular weight is 703 g/mol. The molecule has 0 saturated carbocycles. The molecule has 2 aromatic carbocycles. The van der Waals surface area contributed by atoms with Crippen LogP contribution in [0, 0.1) is 0 Å². The zero-order valence-electron chi connectivity index (χ0n) is 20.6. The summed E-state index contributed by atoms with van der Waals surface area (Å²) in [4.78, 5) is -0.338. The van der Waals surface area contributed by atoms with Gasteiger partial charge in [0.1, 0.15) is 9.79 Å². The Morgan fingerprint density at radius 2 is 1.15 bits per heavy atom. The van der Waals surface area contributed by atoms with Crippen molar-refractivity contribution in [2.75, 3.05) is 23.7 Å². The standard InChI is InChI=1S/C11H8Cl3N3O3S.C11H9Cl2N3O3S/c1-20-7-5-9(13)15-16-11(7)17-21(18,19)8-4-2-3-6(12)10(8)14;1-19-8-5-6-14-15-11(8)16-20(17,18)9-4-2-3-7(12)10(9)13/h2-5H,1H3,(H,16,17);2-6H,1H3,(H,15,16). The van der Waals surface area contributed by atoms with Gasteiger partial charge in [0, 0.05) is 12.1 Å². The Hall–Kier alpha value is -2.85. The van der Waals surface area contributed by atoms with Crippen molar-refractivity contribution in [3.05, 3.63) is 80.0 Å².